The normalized spacial score (nSPS) is 33.1. The predicted molar refractivity (Wildman–Crippen MR) is 74.5 cm³/mol. The minimum absolute atomic E-state index is 0.146. The summed E-state index contributed by atoms with van der Waals surface area (Å²) in [4.78, 5) is 15.6. The van der Waals surface area contributed by atoms with Gasteiger partial charge in [0.1, 0.15) is 0 Å². The monoisotopic (exact) mass is 300 g/mol. The highest BCUT2D eigenvalue weighted by Crippen LogP contribution is 2.64. The number of hydrogen-bond acceptors (Lipinski definition) is 6. The molecule has 1 aromatic heterocycles. The molecular formula is C12H16N2O3S2. The number of nitrogens with zero attached hydrogens (tertiary/aromatic N) is 2. The summed E-state index contributed by atoms with van der Waals surface area (Å²) in [5.41, 5.74) is -0.288. The van der Waals surface area contributed by atoms with Crippen LogP contribution < -0.4 is 0 Å². The van der Waals surface area contributed by atoms with E-state index in [4.69, 9.17) is 4.52 Å². The van der Waals surface area contributed by atoms with E-state index in [0.717, 1.165) is 17.3 Å². The molecule has 104 valence electrons. The van der Waals surface area contributed by atoms with Gasteiger partial charge in [-0.3, -0.25) is 4.79 Å². The van der Waals surface area contributed by atoms with Gasteiger partial charge in [-0.1, -0.05) is 19.0 Å². The van der Waals surface area contributed by atoms with Gasteiger partial charge < -0.3 is 9.63 Å². The summed E-state index contributed by atoms with van der Waals surface area (Å²) in [6.45, 7) is 3.87. The van der Waals surface area contributed by atoms with Crippen LogP contribution in [0.15, 0.2) is 4.52 Å². The van der Waals surface area contributed by atoms with Crippen LogP contribution in [0, 0.1) is 11.3 Å². The molecule has 3 unspecified atom stereocenters. The van der Waals surface area contributed by atoms with Crippen molar-refractivity contribution in [3.63, 3.8) is 0 Å². The Morgan fingerprint density at radius 3 is 2.84 bits per heavy atom. The lowest BCUT2D eigenvalue weighted by Crippen LogP contribution is -2.08. The SMILES string of the molecule is CC1(C)C(C(=O)O)C1c1nc(C2CSCCS2)no1. The fourth-order valence-electron chi connectivity index (χ4n) is 2.70. The average molecular weight is 300 g/mol. The summed E-state index contributed by atoms with van der Waals surface area (Å²) in [5, 5.41) is 13.5. The zero-order valence-electron chi connectivity index (χ0n) is 10.8. The summed E-state index contributed by atoms with van der Waals surface area (Å²) >= 11 is 3.75. The summed E-state index contributed by atoms with van der Waals surface area (Å²) in [5.74, 6) is 3.15. The summed E-state index contributed by atoms with van der Waals surface area (Å²) in [7, 11) is 0. The lowest BCUT2D eigenvalue weighted by Gasteiger charge is -2.16. The molecule has 3 rings (SSSR count). The minimum Gasteiger partial charge on any atom is -0.481 e. The molecule has 0 aromatic carbocycles. The van der Waals surface area contributed by atoms with Crippen molar-refractivity contribution in [2.24, 2.45) is 11.3 Å². The highest BCUT2D eigenvalue weighted by atomic mass is 32.2. The Bertz CT molecular complexity index is 497. The first kappa shape index (κ1) is 13.3. The van der Waals surface area contributed by atoms with Crippen LogP contribution in [0.4, 0.5) is 0 Å². The van der Waals surface area contributed by atoms with E-state index in [-0.39, 0.29) is 16.6 Å². The standard InChI is InChI=1S/C12H16N2O3S2/c1-12(2)7(8(12)11(15)16)10-13-9(14-17-10)6-5-18-3-4-19-6/h6-8H,3-5H2,1-2H3,(H,15,16). The predicted octanol–water partition coefficient (Wildman–Crippen LogP) is 2.41. The number of aromatic nitrogens is 2. The van der Waals surface area contributed by atoms with Gasteiger partial charge in [-0.2, -0.15) is 16.7 Å². The number of hydrogen-bond donors (Lipinski definition) is 1. The molecule has 19 heavy (non-hydrogen) atoms. The summed E-state index contributed by atoms with van der Waals surface area (Å²) in [6, 6.07) is 0. The largest absolute Gasteiger partial charge is 0.481 e. The molecule has 0 spiro atoms. The molecule has 1 saturated heterocycles. The Balaban J connectivity index is 1.77. The van der Waals surface area contributed by atoms with Crippen LogP contribution in [0.5, 0.6) is 0 Å². The van der Waals surface area contributed by atoms with Gasteiger partial charge in [0.05, 0.1) is 17.1 Å². The molecule has 0 radical (unpaired) electrons. The molecule has 3 atom stereocenters. The zero-order valence-corrected chi connectivity index (χ0v) is 12.5. The third kappa shape index (κ3) is 2.27. The van der Waals surface area contributed by atoms with E-state index in [9.17, 15) is 9.90 Å². The highest BCUT2D eigenvalue weighted by Gasteiger charge is 2.65. The Labute approximate surface area is 119 Å². The third-order valence-corrected chi connectivity index (χ3v) is 6.67. The number of thioether (sulfide) groups is 2. The molecule has 0 amide bonds. The number of carbonyl (C=O) groups is 1. The second-order valence-electron chi connectivity index (χ2n) is 5.54. The van der Waals surface area contributed by atoms with Crippen LogP contribution in [0.3, 0.4) is 0 Å². The van der Waals surface area contributed by atoms with Crippen molar-refractivity contribution in [1.82, 2.24) is 10.1 Å². The van der Waals surface area contributed by atoms with Crippen LogP contribution in [0.1, 0.15) is 36.7 Å². The van der Waals surface area contributed by atoms with E-state index in [2.05, 4.69) is 10.1 Å². The van der Waals surface area contributed by atoms with Crippen molar-refractivity contribution in [2.45, 2.75) is 25.0 Å². The van der Waals surface area contributed by atoms with Crippen LogP contribution in [0.25, 0.3) is 0 Å². The maximum Gasteiger partial charge on any atom is 0.307 e. The summed E-state index contributed by atoms with van der Waals surface area (Å²) < 4.78 is 5.31. The van der Waals surface area contributed by atoms with Crippen molar-refractivity contribution in [3.8, 4) is 0 Å². The van der Waals surface area contributed by atoms with Crippen LogP contribution in [-0.4, -0.2) is 38.5 Å². The van der Waals surface area contributed by atoms with Crippen LogP contribution >= 0.6 is 23.5 Å². The van der Waals surface area contributed by atoms with Crippen LogP contribution in [0.2, 0.25) is 0 Å². The average Bonchev–Trinajstić information content (AvgIpc) is 2.76. The van der Waals surface area contributed by atoms with Gasteiger partial charge in [0.25, 0.3) is 0 Å². The molecular weight excluding hydrogens is 284 g/mol. The number of rotatable bonds is 3. The lowest BCUT2D eigenvalue weighted by atomic mass is 10.1. The number of carboxylic acid groups (broad SMARTS) is 1. The zero-order chi connectivity index (χ0) is 13.6. The van der Waals surface area contributed by atoms with Gasteiger partial charge in [-0.25, -0.2) is 0 Å². The molecule has 1 aliphatic heterocycles. The minimum atomic E-state index is -0.780. The first-order valence-corrected chi connectivity index (χ1v) is 8.48. The molecule has 2 aliphatic rings. The van der Waals surface area contributed by atoms with Gasteiger partial charge in [0, 0.05) is 17.3 Å². The van der Waals surface area contributed by atoms with E-state index in [1.165, 1.54) is 5.75 Å². The molecule has 0 bridgehead atoms. The second kappa shape index (κ2) is 4.70. The Kier molecular flexibility index (Phi) is 3.29. The highest BCUT2D eigenvalue weighted by molar-refractivity contribution is 8.06. The number of carboxylic acids is 1. The summed E-state index contributed by atoms with van der Waals surface area (Å²) in [6.07, 6.45) is 0. The van der Waals surface area contributed by atoms with E-state index >= 15 is 0 Å². The maximum atomic E-state index is 11.2. The van der Waals surface area contributed by atoms with Crippen molar-refractivity contribution >= 4 is 29.5 Å². The van der Waals surface area contributed by atoms with Crippen molar-refractivity contribution in [3.05, 3.63) is 11.7 Å². The third-order valence-electron chi connectivity index (χ3n) is 3.92. The van der Waals surface area contributed by atoms with Gasteiger partial charge in [0.15, 0.2) is 5.82 Å². The van der Waals surface area contributed by atoms with Crippen molar-refractivity contribution < 1.29 is 14.4 Å². The van der Waals surface area contributed by atoms with E-state index < -0.39 is 11.9 Å². The van der Waals surface area contributed by atoms with Gasteiger partial charge in [-0.05, 0) is 5.41 Å². The lowest BCUT2D eigenvalue weighted by molar-refractivity contribution is -0.139. The molecule has 7 heteroatoms. The molecule has 2 heterocycles. The van der Waals surface area contributed by atoms with E-state index in [1.807, 2.05) is 37.4 Å². The van der Waals surface area contributed by atoms with Crippen molar-refractivity contribution in [2.75, 3.05) is 17.3 Å². The van der Waals surface area contributed by atoms with E-state index in [0.29, 0.717) is 5.89 Å². The van der Waals surface area contributed by atoms with Gasteiger partial charge >= 0.3 is 5.97 Å². The first-order valence-electron chi connectivity index (χ1n) is 6.27. The fraction of sp³-hybridized carbons (Fsp3) is 0.750. The molecule has 1 aliphatic carbocycles. The van der Waals surface area contributed by atoms with Crippen molar-refractivity contribution in [1.29, 1.82) is 0 Å². The van der Waals surface area contributed by atoms with E-state index in [1.54, 1.807) is 0 Å². The molecule has 5 nitrogen and oxygen atoms in total. The second-order valence-corrected chi connectivity index (χ2v) is 8.00. The molecule has 2 fully saturated rings. The van der Waals surface area contributed by atoms with Crippen LogP contribution in [-0.2, 0) is 4.79 Å². The van der Waals surface area contributed by atoms with Gasteiger partial charge in [-0.15, -0.1) is 11.8 Å². The smallest absolute Gasteiger partial charge is 0.307 e. The Hall–Kier alpha value is -0.690. The maximum absolute atomic E-state index is 11.2. The molecule has 1 N–H and O–H groups in total. The topological polar surface area (TPSA) is 76.2 Å². The first-order chi connectivity index (χ1) is 9.01. The Morgan fingerprint density at radius 1 is 1.47 bits per heavy atom. The number of aliphatic carboxylic acids is 1. The Morgan fingerprint density at radius 2 is 2.26 bits per heavy atom. The molecule has 1 saturated carbocycles. The van der Waals surface area contributed by atoms with Gasteiger partial charge in [0.2, 0.25) is 5.89 Å². The fourth-order valence-corrected chi connectivity index (χ4v) is 5.29. The quantitative estimate of drug-likeness (QED) is 0.918. The molecule has 1 aromatic rings.